The molecule has 0 spiro atoms. The van der Waals surface area contributed by atoms with E-state index in [9.17, 15) is 4.79 Å². The minimum atomic E-state index is -0.509. The Labute approximate surface area is 176 Å². The summed E-state index contributed by atoms with van der Waals surface area (Å²) in [5, 5.41) is 0. The molecule has 0 aliphatic carbocycles. The minimum Gasteiger partial charge on any atom is -0.494 e. The van der Waals surface area contributed by atoms with E-state index in [0.717, 1.165) is 24.3 Å². The molecule has 162 valence electrons. The van der Waals surface area contributed by atoms with Crippen molar-refractivity contribution >= 4 is 13.1 Å². The predicted molar refractivity (Wildman–Crippen MR) is 116 cm³/mol. The monoisotopic (exact) mass is 404 g/mol. The molecule has 0 amide bonds. The van der Waals surface area contributed by atoms with Crippen molar-refractivity contribution < 1.29 is 23.6 Å². The van der Waals surface area contributed by atoms with Gasteiger partial charge in [0.2, 0.25) is 0 Å². The van der Waals surface area contributed by atoms with Crippen LogP contribution >= 0.6 is 0 Å². The topological polar surface area (TPSA) is 54.0 Å². The highest BCUT2D eigenvalue weighted by atomic mass is 16.7. The van der Waals surface area contributed by atoms with Crippen molar-refractivity contribution in [3.8, 4) is 5.75 Å². The van der Waals surface area contributed by atoms with Crippen LogP contribution in [0.5, 0.6) is 5.75 Å². The highest BCUT2D eigenvalue weighted by molar-refractivity contribution is 6.48. The van der Waals surface area contributed by atoms with Crippen LogP contribution in [0.3, 0.4) is 0 Å². The second-order valence-electron chi connectivity index (χ2n) is 8.72. The average Bonchev–Trinajstić information content (AvgIpc) is 2.87. The van der Waals surface area contributed by atoms with Gasteiger partial charge in [-0.15, -0.1) is 0 Å². The Balaban J connectivity index is 2.09. The van der Waals surface area contributed by atoms with Gasteiger partial charge < -0.3 is 18.8 Å². The summed E-state index contributed by atoms with van der Waals surface area (Å²) in [5.74, 6) is 0.353. The van der Waals surface area contributed by atoms with E-state index < -0.39 is 18.3 Å². The van der Waals surface area contributed by atoms with Crippen LogP contribution in [0.15, 0.2) is 24.3 Å². The summed E-state index contributed by atoms with van der Waals surface area (Å²) in [5.41, 5.74) is 0.0768. The number of carbonyl (C=O) groups excluding carboxylic acids is 1. The van der Waals surface area contributed by atoms with Gasteiger partial charge in [-0.05, 0) is 58.7 Å². The molecular formula is C23H37BO5. The number of hydrogen-bond acceptors (Lipinski definition) is 5. The first-order chi connectivity index (χ1) is 13.7. The van der Waals surface area contributed by atoms with Crippen molar-refractivity contribution in [1.82, 2.24) is 0 Å². The van der Waals surface area contributed by atoms with Crippen molar-refractivity contribution in [3.05, 3.63) is 29.8 Å². The molecular weight excluding hydrogens is 367 g/mol. The van der Waals surface area contributed by atoms with E-state index >= 15 is 0 Å². The molecule has 0 aromatic heterocycles. The SMILES string of the molecule is CCCCCCOc1ccc(C(CC(=O)OCC)B2OC(C)(C)C(C)(C)O2)cc1. The number of unbranched alkanes of at least 4 members (excludes halogenated alkanes) is 3. The largest absolute Gasteiger partial charge is 0.494 e. The third-order valence-corrected chi connectivity index (χ3v) is 5.87. The highest BCUT2D eigenvalue weighted by Crippen LogP contribution is 2.42. The van der Waals surface area contributed by atoms with Gasteiger partial charge in [0.25, 0.3) is 0 Å². The van der Waals surface area contributed by atoms with Crippen LogP contribution in [0.1, 0.15) is 85.0 Å². The molecule has 1 fully saturated rings. The molecule has 6 heteroatoms. The van der Waals surface area contributed by atoms with E-state index in [4.69, 9.17) is 18.8 Å². The molecule has 1 unspecified atom stereocenters. The third-order valence-electron chi connectivity index (χ3n) is 5.87. The lowest BCUT2D eigenvalue weighted by molar-refractivity contribution is -0.143. The second-order valence-corrected chi connectivity index (χ2v) is 8.72. The summed E-state index contributed by atoms with van der Waals surface area (Å²) in [7, 11) is -0.509. The van der Waals surface area contributed by atoms with Gasteiger partial charge in [-0.2, -0.15) is 0 Å². The van der Waals surface area contributed by atoms with E-state index in [1.54, 1.807) is 0 Å². The molecule has 1 aromatic rings. The maximum absolute atomic E-state index is 12.2. The first-order valence-electron chi connectivity index (χ1n) is 10.9. The number of rotatable bonds is 11. The molecule has 0 N–H and O–H groups in total. The van der Waals surface area contributed by atoms with Gasteiger partial charge in [-0.3, -0.25) is 4.79 Å². The lowest BCUT2D eigenvalue weighted by Gasteiger charge is -2.32. The first-order valence-corrected chi connectivity index (χ1v) is 10.9. The van der Waals surface area contributed by atoms with Crippen molar-refractivity contribution in [2.75, 3.05) is 13.2 Å². The fraction of sp³-hybridized carbons (Fsp3) is 0.696. The minimum absolute atomic E-state index is 0.210. The van der Waals surface area contributed by atoms with Crippen molar-refractivity contribution in [2.45, 2.75) is 90.7 Å². The van der Waals surface area contributed by atoms with Crippen LogP contribution < -0.4 is 4.74 Å². The lowest BCUT2D eigenvalue weighted by atomic mass is 9.66. The van der Waals surface area contributed by atoms with Crippen LogP contribution in [0, 0.1) is 0 Å². The maximum Gasteiger partial charge on any atom is 0.466 e. The molecule has 0 saturated carbocycles. The molecule has 1 saturated heterocycles. The van der Waals surface area contributed by atoms with Gasteiger partial charge in [0.05, 0.1) is 30.8 Å². The highest BCUT2D eigenvalue weighted by Gasteiger charge is 2.54. The van der Waals surface area contributed by atoms with Crippen LogP contribution in [0.4, 0.5) is 0 Å². The number of hydrogen-bond donors (Lipinski definition) is 0. The summed E-state index contributed by atoms with van der Waals surface area (Å²) in [6.07, 6.45) is 4.93. The van der Waals surface area contributed by atoms with Crippen LogP contribution in [0.25, 0.3) is 0 Å². The fourth-order valence-electron chi connectivity index (χ4n) is 3.35. The number of ether oxygens (including phenoxy) is 2. The summed E-state index contributed by atoms with van der Waals surface area (Å²) in [6.45, 7) is 13.2. The van der Waals surface area contributed by atoms with Crippen LogP contribution in [-0.2, 0) is 18.8 Å². The normalized spacial score (nSPS) is 18.5. The Kier molecular flexibility index (Phi) is 8.59. The zero-order chi connectivity index (χ0) is 21.5. The standard InChI is InChI=1S/C23H37BO5/c1-7-9-10-11-16-27-19-14-12-18(13-15-19)20(17-21(25)26-8-2)24-28-22(3,4)23(5,6)29-24/h12-15,20H,7-11,16-17H2,1-6H3. The van der Waals surface area contributed by atoms with Crippen molar-refractivity contribution in [1.29, 1.82) is 0 Å². The van der Waals surface area contributed by atoms with E-state index in [1.165, 1.54) is 19.3 Å². The quantitative estimate of drug-likeness (QED) is 0.284. The number of benzene rings is 1. The van der Waals surface area contributed by atoms with Gasteiger partial charge in [0.15, 0.2) is 0 Å². The Bertz CT molecular complexity index is 625. The van der Waals surface area contributed by atoms with Gasteiger partial charge in [0, 0.05) is 5.82 Å². The van der Waals surface area contributed by atoms with E-state index in [1.807, 2.05) is 58.9 Å². The first kappa shape index (κ1) is 23.8. The summed E-state index contributed by atoms with van der Waals surface area (Å²) >= 11 is 0. The Morgan fingerprint density at radius 1 is 1.00 bits per heavy atom. The molecule has 1 aliphatic heterocycles. The number of esters is 1. The lowest BCUT2D eigenvalue weighted by Crippen LogP contribution is -2.41. The van der Waals surface area contributed by atoms with Gasteiger partial charge in [-0.1, -0.05) is 38.3 Å². The Hall–Kier alpha value is -1.53. The van der Waals surface area contributed by atoms with E-state index in [-0.39, 0.29) is 18.2 Å². The summed E-state index contributed by atoms with van der Waals surface area (Å²) in [6, 6.07) is 7.91. The van der Waals surface area contributed by atoms with E-state index in [0.29, 0.717) is 6.61 Å². The molecule has 0 bridgehead atoms. The molecule has 1 aliphatic rings. The molecule has 1 heterocycles. The predicted octanol–water partition coefficient (Wildman–Crippen LogP) is 5.31. The van der Waals surface area contributed by atoms with Crippen molar-refractivity contribution in [3.63, 3.8) is 0 Å². The molecule has 1 aromatic carbocycles. The summed E-state index contributed by atoms with van der Waals surface area (Å²) in [4.78, 5) is 12.2. The fourth-order valence-corrected chi connectivity index (χ4v) is 3.35. The average molecular weight is 404 g/mol. The third kappa shape index (κ3) is 6.48. The molecule has 1 atom stereocenters. The zero-order valence-corrected chi connectivity index (χ0v) is 19.0. The molecule has 0 radical (unpaired) electrons. The molecule has 2 rings (SSSR count). The second kappa shape index (κ2) is 10.5. The Morgan fingerprint density at radius 2 is 1.62 bits per heavy atom. The smallest absolute Gasteiger partial charge is 0.466 e. The Morgan fingerprint density at radius 3 is 2.17 bits per heavy atom. The van der Waals surface area contributed by atoms with Crippen LogP contribution in [0.2, 0.25) is 0 Å². The molecule has 5 nitrogen and oxygen atoms in total. The summed E-state index contributed by atoms with van der Waals surface area (Å²) < 4.78 is 23.5. The van der Waals surface area contributed by atoms with Gasteiger partial charge in [-0.25, -0.2) is 0 Å². The zero-order valence-electron chi connectivity index (χ0n) is 19.0. The maximum atomic E-state index is 12.2. The van der Waals surface area contributed by atoms with Crippen molar-refractivity contribution in [2.24, 2.45) is 0 Å². The number of carbonyl (C=O) groups is 1. The van der Waals surface area contributed by atoms with Gasteiger partial charge in [0.1, 0.15) is 5.75 Å². The van der Waals surface area contributed by atoms with E-state index in [2.05, 4.69) is 6.92 Å². The molecule has 29 heavy (non-hydrogen) atoms. The van der Waals surface area contributed by atoms with Gasteiger partial charge >= 0.3 is 13.1 Å². The van der Waals surface area contributed by atoms with Crippen LogP contribution in [-0.4, -0.2) is 37.5 Å².